The highest BCUT2D eigenvalue weighted by atomic mass is 32.1. The van der Waals surface area contributed by atoms with Crippen molar-refractivity contribution >= 4 is 28.7 Å². The number of rotatable bonds is 7. The average molecular weight is 436 g/mol. The average Bonchev–Trinajstić information content (AvgIpc) is 3.44. The molecular formula is C21H21N7O2S. The van der Waals surface area contributed by atoms with Crippen molar-refractivity contribution in [2.45, 2.75) is 6.92 Å². The molecule has 3 aromatic heterocycles. The van der Waals surface area contributed by atoms with Crippen LogP contribution in [0.1, 0.15) is 17.3 Å². The van der Waals surface area contributed by atoms with Crippen LogP contribution in [0.25, 0.3) is 21.3 Å². The van der Waals surface area contributed by atoms with Gasteiger partial charge in [0.2, 0.25) is 5.88 Å². The van der Waals surface area contributed by atoms with Crippen molar-refractivity contribution in [3.05, 3.63) is 54.5 Å². The van der Waals surface area contributed by atoms with Gasteiger partial charge in [-0.1, -0.05) is 0 Å². The molecule has 0 saturated heterocycles. The first-order valence-corrected chi connectivity index (χ1v) is 10.4. The standard InChI is InChI=1S/C21H21N7O2S/c1-4-30-20-17(18-23-12-24-27-18)31-21(26-20)14-9-10-22-16(11-14)25-19(29)13-5-7-15(8-6-13)28(2)3/h5-12H,4H2,1-3H3,(H,22,25,29)(H,23,24,27). The number of hydrogen-bond donors (Lipinski definition) is 2. The van der Waals surface area contributed by atoms with E-state index in [4.69, 9.17) is 4.74 Å². The molecule has 0 unspecified atom stereocenters. The van der Waals surface area contributed by atoms with E-state index in [0.717, 1.165) is 21.1 Å². The van der Waals surface area contributed by atoms with Crippen LogP contribution in [0, 0.1) is 0 Å². The molecule has 2 N–H and O–H groups in total. The summed E-state index contributed by atoms with van der Waals surface area (Å²) in [6.07, 6.45) is 3.14. The molecule has 1 aromatic carbocycles. The maximum atomic E-state index is 12.6. The van der Waals surface area contributed by atoms with E-state index in [-0.39, 0.29) is 5.91 Å². The Morgan fingerprint density at radius 3 is 2.71 bits per heavy atom. The van der Waals surface area contributed by atoms with Crippen molar-refractivity contribution in [2.24, 2.45) is 0 Å². The summed E-state index contributed by atoms with van der Waals surface area (Å²) < 4.78 is 5.66. The summed E-state index contributed by atoms with van der Waals surface area (Å²) in [6, 6.07) is 11.0. The van der Waals surface area contributed by atoms with Crippen molar-refractivity contribution in [3.8, 4) is 27.2 Å². The second-order valence-electron chi connectivity index (χ2n) is 6.75. The van der Waals surface area contributed by atoms with Crippen LogP contribution in [-0.2, 0) is 0 Å². The van der Waals surface area contributed by atoms with Crippen LogP contribution >= 0.6 is 11.3 Å². The first-order chi connectivity index (χ1) is 15.0. The Hall–Kier alpha value is -3.79. The summed E-state index contributed by atoms with van der Waals surface area (Å²) in [7, 11) is 3.90. The molecule has 9 nitrogen and oxygen atoms in total. The Balaban J connectivity index is 1.57. The predicted octanol–water partition coefficient (Wildman–Crippen LogP) is 3.71. The number of aromatic amines is 1. The Labute approximate surface area is 183 Å². The van der Waals surface area contributed by atoms with Crippen molar-refractivity contribution in [2.75, 3.05) is 30.9 Å². The molecule has 0 aliphatic rings. The number of anilines is 2. The summed E-state index contributed by atoms with van der Waals surface area (Å²) in [5.41, 5.74) is 2.39. The van der Waals surface area contributed by atoms with Gasteiger partial charge in [-0.25, -0.2) is 9.97 Å². The van der Waals surface area contributed by atoms with Gasteiger partial charge in [-0.2, -0.15) is 0 Å². The van der Waals surface area contributed by atoms with Gasteiger partial charge in [0.25, 0.3) is 5.91 Å². The zero-order chi connectivity index (χ0) is 21.8. The van der Waals surface area contributed by atoms with Gasteiger partial charge < -0.3 is 19.9 Å². The first-order valence-electron chi connectivity index (χ1n) is 9.60. The minimum Gasteiger partial charge on any atom is -0.477 e. The molecular weight excluding hydrogens is 414 g/mol. The molecule has 31 heavy (non-hydrogen) atoms. The van der Waals surface area contributed by atoms with Gasteiger partial charge in [0.1, 0.15) is 22.0 Å². The number of nitrogens with one attached hydrogen (secondary N) is 2. The molecule has 10 heteroatoms. The summed E-state index contributed by atoms with van der Waals surface area (Å²) in [6.45, 7) is 2.38. The highest BCUT2D eigenvalue weighted by Crippen LogP contribution is 2.38. The second kappa shape index (κ2) is 8.92. The third-order valence-electron chi connectivity index (χ3n) is 4.40. The van der Waals surface area contributed by atoms with E-state index in [2.05, 4.69) is 30.5 Å². The lowest BCUT2D eigenvalue weighted by molar-refractivity contribution is 0.102. The van der Waals surface area contributed by atoms with E-state index in [1.807, 2.05) is 44.1 Å². The second-order valence-corrected chi connectivity index (χ2v) is 7.75. The van der Waals surface area contributed by atoms with Crippen molar-refractivity contribution < 1.29 is 9.53 Å². The molecule has 0 aliphatic carbocycles. The Morgan fingerprint density at radius 1 is 1.23 bits per heavy atom. The minimum absolute atomic E-state index is 0.230. The number of thiazole rings is 1. The fourth-order valence-corrected chi connectivity index (χ4v) is 3.82. The molecule has 0 bridgehead atoms. The molecule has 3 heterocycles. The van der Waals surface area contributed by atoms with Crippen LogP contribution < -0.4 is 15.0 Å². The number of nitrogens with zero attached hydrogens (tertiary/aromatic N) is 5. The topological polar surface area (TPSA) is 109 Å². The first kappa shape index (κ1) is 20.5. The van der Waals surface area contributed by atoms with Crippen LogP contribution in [-0.4, -0.2) is 51.8 Å². The summed E-state index contributed by atoms with van der Waals surface area (Å²) >= 11 is 1.42. The summed E-state index contributed by atoms with van der Waals surface area (Å²) in [5.74, 6) is 1.29. The van der Waals surface area contributed by atoms with Gasteiger partial charge in [0.15, 0.2) is 5.82 Å². The van der Waals surface area contributed by atoms with Gasteiger partial charge in [-0.3, -0.25) is 4.79 Å². The highest BCUT2D eigenvalue weighted by Gasteiger charge is 2.18. The number of ether oxygens (including phenoxy) is 1. The molecule has 4 aromatic rings. The van der Waals surface area contributed by atoms with Gasteiger partial charge in [0.05, 0.1) is 6.61 Å². The predicted molar refractivity (Wildman–Crippen MR) is 121 cm³/mol. The van der Waals surface area contributed by atoms with Crippen molar-refractivity contribution in [1.82, 2.24) is 25.1 Å². The monoisotopic (exact) mass is 435 g/mol. The lowest BCUT2D eigenvalue weighted by Crippen LogP contribution is -2.14. The van der Waals surface area contributed by atoms with Gasteiger partial charge in [0, 0.05) is 37.1 Å². The molecule has 0 saturated carbocycles. The number of carbonyl (C=O) groups excluding carboxylic acids is 1. The maximum Gasteiger partial charge on any atom is 0.256 e. The largest absolute Gasteiger partial charge is 0.477 e. The molecule has 0 atom stereocenters. The van der Waals surface area contributed by atoms with Crippen LogP contribution in [0.15, 0.2) is 48.9 Å². The summed E-state index contributed by atoms with van der Waals surface area (Å²) in [5, 5.41) is 11.5. The number of aromatic nitrogens is 5. The van der Waals surface area contributed by atoms with Crippen LogP contribution in [0.2, 0.25) is 0 Å². The number of hydrogen-bond acceptors (Lipinski definition) is 8. The number of benzene rings is 1. The van der Waals surface area contributed by atoms with E-state index in [9.17, 15) is 4.79 Å². The fourth-order valence-electron chi connectivity index (χ4n) is 2.86. The lowest BCUT2D eigenvalue weighted by Gasteiger charge is -2.12. The highest BCUT2D eigenvalue weighted by molar-refractivity contribution is 7.18. The zero-order valence-corrected chi connectivity index (χ0v) is 18.1. The lowest BCUT2D eigenvalue weighted by atomic mass is 10.2. The smallest absolute Gasteiger partial charge is 0.256 e. The normalized spacial score (nSPS) is 10.7. The van der Waals surface area contributed by atoms with E-state index >= 15 is 0 Å². The van der Waals surface area contributed by atoms with Gasteiger partial charge >= 0.3 is 0 Å². The van der Waals surface area contributed by atoms with Crippen LogP contribution in [0.5, 0.6) is 5.88 Å². The third kappa shape index (κ3) is 4.53. The molecule has 0 fully saturated rings. The maximum absolute atomic E-state index is 12.6. The SMILES string of the molecule is CCOc1nc(-c2ccnc(NC(=O)c3ccc(N(C)C)cc3)c2)sc1-c1nnc[nH]1. The quantitative estimate of drug-likeness (QED) is 0.455. The number of amides is 1. The van der Waals surface area contributed by atoms with Gasteiger partial charge in [-0.15, -0.1) is 21.5 Å². The molecule has 158 valence electrons. The number of pyridine rings is 1. The van der Waals surface area contributed by atoms with Crippen molar-refractivity contribution in [3.63, 3.8) is 0 Å². The molecule has 1 amide bonds. The number of carbonyl (C=O) groups is 1. The molecule has 0 aliphatic heterocycles. The van der Waals surface area contributed by atoms with E-state index in [1.165, 1.54) is 17.7 Å². The Kier molecular flexibility index (Phi) is 5.89. The molecule has 0 spiro atoms. The minimum atomic E-state index is -0.230. The van der Waals surface area contributed by atoms with E-state index < -0.39 is 0 Å². The zero-order valence-electron chi connectivity index (χ0n) is 17.3. The molecule has 4 rings (SSSR count). The van der Waals surface area contributed by atoms with Crippen molar-refractivity contribution in [1.29, 1.82) is 0 Å². The number of H-pyrrole nitrogens is 1. The fraction of sp³-hybridized carbons (Fsp3) is 0.190. The van der Waals surface area contributed by atoms with Crippen LogP contribution in [0.3, 0.4) is 0 Å². The summed E-state index contributed by atoms with van der Waals surface area (Å²) in [4.78, 5) is 27.2. The van der Waals surface area contributed by atoms with E-state index in [1.54, 1.807) is 24.4 Å². The van der Waals surface area contributed by atoms with Crippen LogP contribution in [0.4, 0.5) is 11.5 Å². The Bertz CT molecular complexity index is 1170. The molecule has 0 radical (unpaired) electrons. The Morgan fingerprint density at radius 2 is 2.03 bits per heavy atom. The third-order valence-corrected chi connectivity index (χ3v) is 5.50. The van der Waals surface area contributed by atoms with Gasteiger partial charge in [-0.05, 0) is 43.3 Å². The van der Waals surface area contributed by atoms with E-state index in [0.29, 0.717) is 29.7 Å².